The Morgan fingerprint density at radius 1 is 1.25 bits per heavy atom. The molecule has 1 saturated heterocycles. The molecule has 1 amide bonds. The molecule has 0 bridgehead atoms. The number of hydrogen-bond acceptors (Lipinski definition) is 2. The van der Waals surface area contributed by atoms with Gasteiger partial charge in [-0.1, -0.05) is 11.6 Å². The molecule has 1 aliphatic carbocycles. The second-order valence-electron chi connectivity index (χ2n) is 7.95. The van der Waals surface area contributed by atoms with Crippen molar-refractivity contribution in [3.63, 3.8) is 0 Å². The van der Waals surface area contributed by atoms with Crippen molar-refractivity contribution < 1.29 is 18.3 Å². The molecule has 7 heteroatoms. The maximum atomic E-state index is 13.3. The van der Waals surface area contributed by atoms with Crippen LogP contribution in [0.1, 0.15) is 60.5 Å². The number of fused-ring (bicyclic) bond motifs is 1. The number of ether oxygens (including phenoxy) is 1. The monoisotopic (exact) mass is 410 g/mol. The van der Waals surface area contributed by atoms with Crippen molar-refractivity contribution in [1.29, 1.82) is 0 Å². The van der Waals surface area contributed by atoms with Crippen molar-refractivity contribution in [3.8, 4) is 0 Å². The lowest BCUT2D eigenvalue weighted by atomic mass is 9.87. The van der Waals surface area contributed by atoms with Crippen molar-refractivity contribution in [2.45, 2.75) is 50.4 Å². The molecule has 1 N–H and O–H groups in total. The summed E-state index contributed by atoms with van der Waals surface area (Å²) in [5.41, 5.74) is 2.33. The van der Waals surface area contributed by atoms with Crippen molar-refractivity contribution >= 4 is 23.0 Å². The van der Waals surface area contributed by atoms with Crippen LogP contribution >= 0.6 is 11.6 Å². The summed E-state index contributed by atoms with van der Waals surface area (Å²) in [5.74, 6) is -2.32. The van der Waals surface area contributed by atoms with E-state index >= 15 is 0 Å². The van der Waals surface area contributed by atoms with E-state index in [1.165, 1.54) is 0 Å². The lowest BCUT2D eigenvalue weighted by Crippen LogP contribution is -2.33. The Kier molecular flexibility index (Phi) is 5.61. The molecule has 4 nitrogen and oxygen atoms in total. The standard InChI is InChI=1S/C21H25ClF2N2O2/c22-17-2-1-9-26-18(15-5-10-28-11-6-15)12-16(19(17)26)20(27)25-13-14-3-7-21(23,24)8-4-14/h1-2,9,12,14-15H,3-8,10-11,13H2,(H,25,27). The van der Waals surface area contributed by atoms with Crippen LogP contribution in [0.3, 0.4) is 0 Å². The summed E-state index contributed by atoms with van der Waals surface area (Å²) < 4.78 is 34.1. The van der Waals surface area contributed by atoms with Crippen molar-refractivity contribution in [1.82, 2.24) is 9.72 Å². The van der Waals surface area contributed by atoms with E-state index in [9.17, 15) is 13.6 Å². The molecule has 0 radical (unpaired) electrons. The molecule has 0 spiro atoms. The highest BCUT2D eigenvalue weighted by molar-refractivity contribution is 6.34. The first kappa shape index (κ1) is 19.6. The minimum Gasteiger partial charge on any atom is -0.381 e. The first-order valence-electron chi connectivity index (χ1n) is 9.98. The molecule has 1 saturated carbocycles. The Morgan fingerprint density at radius 2 is 1.96 bits per heavy atom. The normalized spacial score (nSPS) is 21.1. The summed E-state index contributed by atoms with van der Waals surface area (Å²) in [6.07, 6.45) is 4.46. The minimum atomic E-state index is -2.55. The largest absolute Gasteiger partial charge is 0.381 e. The summed E-state index contributed by atoms with van der Waals surface area (Å²) in [7, 11) is 0. The first-order chi connectivity index (χ1) is 13.4. The molecule has 2 fully saturated rings. The Balaban J connectivity index is 1.53. The van der Waals surface area contributed by atoms with Crippen LogP contribution in [-0.4, -0.2) is 36.0 Å². The topological polar surface area (TPSA) is 42.7 Å². The Bertz CT molecular complexity index is 851. The lowest BCUT2D eigenvalue weighted by molar-refractivity contribution is -0.0452. The minimum absolute atomic E-state index is 0.0948. The van der Waals surface area contributed by atoms with Crippen molar-refractivity contribution in [2.24, 2.45) is 5.92 Å². The van der Waals surface area contributed by atoms with E-state index in [4.69, 9.17) is 16.3 Å². The number of aromatic nitrogens is 1. The zero-order chi connectivity index (χ0) is 19.7. The van der Waals surface area contributed by atoms with Gasteiger partial charge in [0.1, 0.15) is 0 Å². The SMILES string of the molecule is O=C(NCC1CCC(F)(F)CC1)c1cc(C2CCOCC2)n2cccc(Cl)c12. The van der Waals surface area contributed by atoms with Gasteiger partial charge in [0.25, 0.3) is 5.91 Å². The van der Waals surface area contributed by atoms with Gasteiger partial charge in [0.15, 0.2) is 0 Å². The molecule has 152 valence electrons. The van der Waals surface area contributed by atoms with Crippen LogP contribution in [0.15, 0.2) is 24.4 Å². The average molecular weight is 411 g/mol. The molecule has 0 atom stereocenters. The highest BCUT2D eigenvalue weighted by Gasteiger charge is 2.35. The fourth-order valence-corrected chi connectivity index (χ4v) is 4.62. The van der Waals surface area contributed by atoms with Gasteiger partial charge in [-0.3, -0.25) is 4.79 Å². The van der Waals surface area contributed by atoms with Gasteiger partial charge in [0.05, 0.1) is 16.1 Å². The van der Waals surface area contributed by atoms with Crippen LogP contribution in [-0.2, 0) is 4.74 Å². The van der Waals surface area contributed by atoms with E-state index in [1.807, 2.05) is 22.7 Å². The zero-order valence-electron chi connectivity index (χ0n) is 15.7. The van der Waals surface area contributed by atoms with Crippen LogP contribution in [0.5, 0.6) is 0 Å². The fourth-order valence-electron chi connectivity index (χ4n) is 4.36. The van der Waals surface area contributed by atoms with Crippen LogP contribution in [0, 0.1) is 5.92 Å². The molecule has 2 aromatic heterocycles. The Morgan fingerprint density at radius 3 is 2.68 bits per heavy atom. The zero-order valence-corrected chi connectivity index (χ0v) is 16.5. The van der Waals surface area contributed by atoms with E-state index in [0.717, 1.165) is 18.5 Å². The molecule has 4 rings (SSSR count). The lowest BCUT2D eigenvalue weighted by Gasteiger charge is -2.28. The molecule has 0 unspecified atom stereocenters. The predicted molar refractivity (Wildman–Crippen MR) is 104 cm³/mol. The number of nitrogens with zero attached hydrogens (tertiary/aromatic N) is 1. The summed E-state index contributed by atoms with van der Waals surface area (Å²) in [5, 5.41) is 3.48. The van der Waals surface area contributed by atoms with Gasteiger partial charge in [-0.05, 0) is 49.8 Å². The van der Waals surface area contributed by atoms with Gasteiger partial charge < -0.3 is 14.5 Å². The quantitative estimate of drug-likeness (QED) is 0.767. The highest BCUT2D eigenvalue weighted by Crippen LogP contribution is 2.36. The van der Waals surface area contributed by atoms with Crippen molar-refractivity contribution in [3.05, 3.63) is 40.7 Å². The molecule has 3 heterocycles. The molecule has 2 aromatic rings. The van der Waals surface area contributed by atoms with Crippen LogP contribution in [0.25, 0.3) is 5.52 Å². The third-order valence-corrected chi connectivity index (χ3v) is 6.35. The van der Waals surface area contributed by atoms with Gasteiger partial charge in [-0.25, -0.2) is 8.78 Å². The summed E-state index contributed by atoms with van der Waals surface area (Å²) in [6, 6.07) is 5.59. The van der Waals surface area contributed by atoms with Crippen LogP contribution in [0.2, 0.25) is 5.02 Å². The first-order valence-corrected chi connectivity index (χ1v) is 10.4. The van der Waals surface area contributed by atoms with E-state index in [0.29, 0.717) is 54.6 Å². The molecular weight excluding hydrogens is 386 g/mol. The van der Waals surface area contributed by atoms with Gasteiger partial charge in [0, 0.05) is 50.4 Å². The van der Waals surface area contributed by atoms with E-state index in [-0.39, 0.29) is 24.7 Å². The number of alkyl halides is 2. The Labute approximate surface area is 168 Å². The number of hydrogen-bond donors (Lipinski definition) is 1. The number of halogens is 3. The number of amides is 1. The van der Waals surface area contributed by atoms with Gasteiger partial charge >= 0.3 is 0 Å². The summed E-state index contributed by atoms with van der Waals surface area (Å²) >= 11 is 6.43. The molecule has 0 aromatic carbocycles. The maximum absolute atomic E-state index is 13.3. The van der Waals surface area contributed by atoms with E-state index in [1.54, 1.807) is 6.07 Å². The van der Waals surface area contributed by atoms with Crippen molar-refractivity contribution in [2.75, 3.05) is 19.8 Å². The second-order valence-corrected chi connectivity index (χ2v) is 8.36. The van der Waals surface area contributed by atoms with Gasteiger partial charge in [0.2, 0.25) is 5.92 Å². The predicted octanol–water partition coefficient (Wildman–Crippen LogP) is 5.04. The highest BCUT2D eigenvalue weighted by atomic mass is 35.5. The third-order valence-electron chi connectivity index (χ3n) is 6.04. The Hall–Kier alpha value is -1.66. The van der Waals surface area contributed by atoms with Gasteiger partial charge in [-0.2, -0.15) is 0 Å². The third kappa shape index (κ3) is 4.03. The van der Waals surface area contributed by atoms with Crippen LogP contribution in [0.4, 0.5) is 8.78 Å². The second kappa shape index (κ2) is 7.99. The summed E-state index contributed by atoms with van der Waals surface area (Å²) in [4.78, 5) is 12.9. The molecular formula is C21H25ClF2N2O2. The van der Waals surface area contributed by atoms with E-state index in [2.05, 4.69) is 5.32 Å². The maximum Gasteiger partial charge on any atom is 0.253 e. The number of carbonyl (C=O) groups is 1. The number of nitrogens with one attached hydrogen (secondary N) is 1. The van der Waals surface area contributed by atoms with E-state index < -0.39 is 5.92 Å². The fraction of sp³-hybridized carbons (Fsp3) is 0.571. The smallest absolute Gasteiger partial charge is 0.253 e. The number of carbonyl (C=O) groups excluding carboxylic acids is 1. The number of rotatable bonds is 4. The number of pyridine rings is 1. The summed E-state index contributed by atoms with van der Waals surface area (Å²) in [6.45, 7) is 1.85. The van der Waals surface area contributed by atoms with Crippen LogP contribution < -0.4 is 5.32 Å². The molecule has 2 aliphatic rings. The molecule has 28 heavy (non-hydrogen) atoms. The average Bonchev–Trinajstić information content (AvgIpc) is 3.09. The molecule has 1 aliphatic heterocycles. The van der Waals surface area contributed by atoms with Gasteiger partial charge in [-0.15, -0.1) is 0 Å².